The van der Waals surface area contributed by atoms with Gasteiger partial charge in [-0.05, 0) is 18.0 Å². The standard InChI is InChI=1S/C11H19ClN4O3/c1-16(2)10-13-9(12)14-11(15-10)19-8-7-18-6-4-5-17-3/h4-8H2,1-3H3. The normalized spacial score (nSPS) is 10.5. The van der Waals surface area contributed by atoms with Crippen molar-refractivity contribution in [1.29, 1.82) is 0 Å². The van der Waals surface area contributed by atoms with Crippen LogP contribution in [-0.4, -0.2) is 62.6 Å². The molecule has 1 heterocycles. The van der Waals surface area contributed by atoms with E-state index in [4.69, 9.17) is 25.8 Å². The molecule has 0 N–H and O–H groups in total. The van der Waals surface area contributed by atoms with E-state index in [1.54, 1.807) is 12.0 Å². The van der Waals surface area contributed by atoms with Gasteiger partial charge in [0.1, 0.15) is 6.61 Å². The molecule has 0 spiro atoms. The Morgan fingerprint density at radius 2 is 1.84 bits per heavy atom. The van der Waals surface area contributed by atoms with Gasteiger partial charge in [-0.15, -0.1) is 0 Å². The molecule has 1 aromatic heterocycles. The Kier molecular flexibility index (Phi) is 7.39. The van der Waals surface area contributed by atoms with Crippen LogP contribution in [0.15, 0.2) is 0 Å². The highest BCUT2D eigenvalue weighted by Gasteiger charge is 2.07. The maximum absolute atomic E-state index is 5.78. The molecule has 0 aliphatic rings. The topological polar surface area (TPSA) is 69.6 Å². The Bertz CT molecular complexity index is 379. The number of hydrogen-bond acceptors (Lipinski definition) is 7. The van der Waals surface area contributed by atoms with Crippen molar-refractivity contribution in [3.05, 3.63) is 5.28 Å². The SMILES string of the molecule is COCCCOCCOc1nc(Cl)nc(N(C)C)n1. The van der Waals surface area contributed by atoms with Gasteiger partial charge in [0.2, 0.25) is 11.2 Å². The van der Waals surface area contributed by atoms with Crippen LogP contribution in [0.3, 0.4) is 0 Å². The molecule has 0 saturated carbocycles. The molecule has 19 heavy (non-hydrogen) atoms. The Hall–Kier alpha value is -1.18. The molecule has 0 unspecified atom stereocenters. The summed E-state index contributed by atoms with van der Waals surface area (Å²) in [4.78, 5) is 13.7. The van der Waals surface area contributed by atoms with Gasteiger partial charge in [0.15, 0.2) is 0 Å². The molecule has 0 bridgehead atoms. The van der Waals surface area contributed by atoms with Gasteiger partial charge in [0.05, 0.1) is 6.61 Å². The number of nitrogens with zero attached hydrogens (tertiary/aromatic N) is 4. The Morgan fingerprint density at radius 3 is 2.53 bits per heavy atom. The first-order chi connectivity index (χ1) is 9.13. The molecule has 0 atom stereocenters. The van der Waals surface area contributed by atoms with Crippen molar-refractivity contribution in [2.75, 3.05) is 52.5 Å². The fourth-order valence-corrected chi connectivity index (χ4v) is 1.33. The Morgan fingerprint density at radius 1 is 1.05 bits per heavy atom. The zero-order valence-corrected chi connectivity index (χ0v) is 12.2. The second kappa shape index (κ2) is 8.84. The van der Waals surface area contributed by atoms with Crippen molar-refractivity contribution in [2.45, 2.75) is 6.42 Å². The van der Waals surface area contributed by atoms with Crippen LogP contribution in [0.5, 0.6) is 6.01 Å². The van der Waals surface area contributed by atoms with Crippen molar-refractivity contribution >= 4 is 17.5 Å². The minimum absolute atomic E-state index is 0.106. The third kappa shape index (κ3) is 6.51. The molecular weight excluding hydrogens is 272 g/mol. The van der Waals surface area contributed by atoms with E-state index >= 15 is 0 Å². The number of rotatable bonds is 9. The van der Waals surface area contributed by atoms with Gasteiger partial charge >= 0.3 is 6.01 Å². The van der Waals surface area contributed by atoms with Crippen LogP contribution in [-0.2, 0) is 9.47 Å². The van der Waals surface area contributed by atoms with Gasteiger partial charge in [-0.25, -0.2) is 0 Å². The second-order valence-electron chi connectivity index (χ2n) is 3.89. The van der Waals surface area contributed by atoms with Crippen molar-refractivity contribution in [1.82, 2.24) is 15.0 Å². The number of hydrogen-bond donors (Lipinski definition) is 0. The first kappa shape index (κ1) is 15.9. The van der Waals surface area contributed by atoms with E-state index in [9.17, 15) is 0 Å². The average Bonchev–Trinajstić information content (AvgIpc) is 2.37. The average molecular weight is 291 g/mol. The van der Waals surface area contributed by atoms with Crippen LogP contribution in [0.2, 0.25) is 5.28 Å². The molecule has 0 saturated heterocycles. The highest BCUT2D eigenvalue weighted by atomic mass is 35.5. The summed E-state index contributed by atoms with van der Waals surface area (Å²) in [6.07, 6.45) is 0.860. The summed E-state index contributed by atoms with van der Waals surface area (Å²) in [5.74, 6) is 0.455. The summed E-state index contributed by atoms with van der Waals surface area (Å²) in [5, 5.41) is 0.106. The molecule has 1 aromatic rings. The van der Waals surface area contributed by atoms with Crippen LogP contribution in [0.1, 0.15) is 6.42 Å². The molecule has 0 fully saturated rings. The van der Waals surface area contributed by atoms with Crippen molar-refractivity contribution in [2.24, 2.45) is 0 Å². The largest absolute Gasteiger partial charge is 0.461 e. The molecule has 0 radical (unpaired) electrons. The van der Waals surface area contributed by atoms with Gasteiger partial charge in [0, 0.05) is 34.4 Å². The minimum atomic E-state index is 0.106. The van der Waals surface area contributed by atoms with Gasteiger partial charge in [-0.1, -0.05) is 0 Å². The maximum atomic E-state index is 5.78. The summed E-state index contributed by atoms with van der Waals surface area (Å²) in [7, 11) is 5.29. The third-order valence-corrected chi connectivity index (χ3v) is 2.24. The van der Waals surface area contributed by atoms with E-state index < -0.39 is 0 Å². The van der Waals surface area contributed by atoms with Gasteiger partial charge in [-0.2, -0.15) is 15.0 Å². The summed E-state index contributed by atoms with van der Waals surface area (Å²) in [6, 6.07) is 0.198. The molecule has 8 heteroatoms. The summed E-state index contributed by atoms with van der Waals surface area (Å²) >= 11 is 5.78. The van der Waals surface area contributed by atoms with Crippen LogP contribution >= 0.6 is 11.6 Å². The number of halogens is 1. The molecule has 7 nitrogen and oxygen atoms in total. The highest BCUT2D eigenvalue weighted by molar-refractivity contribution is 6.28. The zero-order chi connectivity index (χ0) is 14.1. The lowest BCUT2D eigenvalue weighted by molar-refractivity contribution is 0.0783. The Labute approximate surface area is 117 Å². The molecule has 0 aromatic carbocycles. The molecule has 1 rings (SSSR count). The van der Waals surface area contributed by atoms with Gasteiger partial charge in [-0.3, -0.25) is 0 Å². The molecule has 0 aliphatic heterocycles. The smallest absolute Gasteiger partial charge is 0.322 e. The Balaban J connectivity index is 2.29. The molecule has 108 valence electrons. The number of ether oxygens (including phenoxy) is 3. The number of methoxy groups -OCH3 is 1. The molecule has 0 amide bonds. The van der Waals surface area contributed by atoms with E-state index in [1.165, 1.54) is 0 Å². The highest BCUT2D eigenvalue weighted by Crippen LogP contribution is 2.12. The number of aromatic nitrogens is 3. The quantitative estimate of drug-likeness (QED) is 0.629. The van der Waals surface area contributed by atoms with Gasteiger partial charge < -0.3 is 19.1 Å². The lowest BCUT2D eigenvalue weighted by Gasteiger charge is -2.11. The van der Waals surface area contributed by atoms with Crippen LogP contribution in [0.25, 0.3) is 0 Å². The van der Waals surface area contributed by atoms with Crippen LogP contribution in [0, 0.1) is 0 Å². The maximum Gasteiger partial charge on any atom is 0.322 e. The summed E-state index contributed by atoms with van der Waals surface area (Å²) in [5.41, 5.74) is 0. The fraction of sp³-hybridized carbons (Fsp3) is 0.727. The van der Waals surface area contributed by atoms with E-state index in [0.29, 0.717) is 32.4 Å². The first-order valence-electron chi connectivity index (χ1n) is 5.92. The minimum Gasteiger partial charge on any atom is -0.461 e. The predicted octanol–water partition coefficient (Wildman–Crippen LogP) is 1.02. The lowest BCUT2D eigenvalue weighted by atomic mass is 10.5. The third-order valence-electron chi connectivity index (χ3n) is 2.07. The monoisotopic (exact) mass is 290 g/mol. The predicted molar refractivity (Wildman–Crippen MR) is 72.0 cm³/mol. The lowest BCUT2D eigenvalue weighted by Crippen LogP contribution is -2.15. The van der Waals surface area contributed by atoms with Crippen LogP contribution in [0.4, 0.5) is 5.95 Å². The van der Waals surface area contributed by atoms with Crippen molar-refractivity contribution < 1.29 is 14.2 Å². The first-order valence-corrected chi connectivity index (χ1v) is 6.29. The molecule has 0 aliphatic carbocycles. The zero-order valence-electron chi connectivity index (χ0n) is 11.4. The van der Waals surface area contributed by atoms with Crippen LogP contribution < -0.4 is 9.64 Å². The van der Waals surface area contributed by atoms with E-state index in [1.807, 2.05) is 14.1 Å². The van der Waals surface area contributed by atoms with Crippen molar-refractivity contribution in [3.8, 4) is 6.01 Å². The van der Waals surface area contributed by atoms with E-state index in [2.05, 4.69) is 15.0 Å². The van der Waals surface area contributed by atoms with Crippen molar-refractivity contribution in [3.63, 3.8) is 0 Å². The summed E-state index contributed by atoms with van der Waals surface area (Å²) < 4.78 is 15.6. The summed E-state index contributed by atoms with van der Waals surface area (Å²) in [6.45, 7) is 2.15. The second-order valence-corrected chi connectivity index (χ2v) is 4.23. The van der Waals surface area contributed by atoms with E-state index in [-0.39, 0.29) is 11.3 Å². The van der Waals surface area contributed by atoms with E-state index in [0.717, 1.165) is 6.42 Å². The molecular formula is C11H19ClN4O3. The fourth-order valence-electron chi connectivity index (χ4n) is 1.19. The van der Waals surface area contributed by atoms with Gasteiger partial charge in [0.25, 0.3) is 0 Å². The number of anilines is 1.